The van der Waals surface area contributed by atoms with Crippen molar-refractivity contribution in [2.75, 3.05) is 5.43 Å². The predicted octanol–water partition coefficient (Wildman–Crippen LogP) is -0.358. The third-order valence-electron chi connectivity index (χ3n) is 1.75. The van der Waals surface area contributed by atoms with Crippen LogP contribution in [0.2, 0.25) is 0 Å². The van der Waals surface area contributed by atoms with Gasteiger partial charge in [-0.3, -0.25) is 9.78 Å². The number of H-pyrrole nitrogens is 2. The predicted molar refractivity (Wildman–Crippen MR) is 57.2 cm³/mol. The van der Waals surface area contributed by atoms with Crippen molar-refractivity contribution in [1.82, 2.24) is 25.1 Å². The molecule has 0 radical (unpaired) electrons. The van der Waals surface area contributed by atoms with Crippen LogP contribution in [0.1, 0.15) is 11.4 Å². The van der Waals surface area contributed by atoms with E-state index in [1.54, 1.807) is 13.1 Å². The van der Waals surface area contributed by atoms with Gasteiger partial charge in [0.25, 0.3) is 5.56 Å². The molecule has 8 heteroatoms. The summed E-state index contributed by atoms with van der Waals surface area (Å²) in [5.74, 6) is 0.186. The van der Waals surface area contributed by atoms with Crippen LogP contribution in [0.3, 0.4) is 0 Å². The van der Waals surface area contributed by atoms with Gasteiger partial charge in [-0.15, -0.1) is 10.2 Å². The second kappa shape index (κ2) is 4.34. The van der Waals surface area contributed by atoms with Gasteiger partial charge < -0.3 is 4.98 Å². The van der Waals surface area contributed by atoms with E-state index in [0.29, 0.717) is 5.69 Å². The van der Waals surface area contributed by atoms with Crippen molar-refractivity contribution in [3.63, 3.8) is 0 Å². The average Bonchev–Trinajstić information content (AvgIpc) is 2.76. The van der Waals surface area contributed by atoms with E-state index in [4.69, 9.17) is 0 Å². The van der Waals surface area contributed by atoms with Crippen molar-refractivity contribution in [3.8, 4) is 0 Å². The Hall–Kier alpha value is -2.51. The Labute approximate surface area is 89.9 Å². The first-order valence-corrected chi connectivity index (χ1v) is 4.47. The van der Waals surface area contributed by atoms with Crippen LogP contribution in [0, 0.1) is 6.92 Å². The molecule has 2 aromatic rings. The minimum absolute atomic E-state index is 0.186. The van der Waals surface area contributed by atoms with Gasteiger partial charge in [0.15, 0.2) is 0 Å². The number of rotatable bonds is 3. The number of aromatic amines is 2. The second-order valence-corrected chi connectivity index (χ2v) is 2.97. The molecule has 2 heterocycles. The number of imidazole rings is 1. The molecule has 0 spiro atoms. The van der Waals surface area contributed by atoms with Crippen molar-refractivity contribution < 1.29 is 0 Å². The Kier molecular flexibility index (Phi) is 2.72. The summed E-state index contributed by atoms with van der Waals surface area (Å²) in [6.45, 7) is 1.57. The first-order chi connectivity index (χ1) is 7.75. The number of hydrogen-bond acceptors (Lipinski definition) is 6. The van der Waals surface area contributed by atoms with E-state index in [1.807, 2.05) is 0 Å². The van der Waals surface area contributed by atoms with Crippen LogP contribution in [0.25, 0.3) is 0 Å². The van der Waals surface area contributed by atoms with Crippen LogP contribution in [-0.4, -0.2) is 31.4 Å². The Morgan fingerprint density at radius 2 is 2.38 bits per heavy atom. The monoisotopic (exact) mass is 219 g/mol. The molecule has 82 valence electrons. The lowest BCUT2D eigenvalue weighted by Gasteiger charge is -1.96. The molecule has 0 saturated carbocycles. The van der Waals surface area contributed by atoms with E-state index in [0.717, 1.165) is 5.69 Å². The van der Waals surface area contributed by atoms with Crippen LogP contribution in [0.15, 0.2) is 22.4 Å². The van der Waals surface area contributed by atoms with E-state index in [-0.39, 0.29) is 11.5 Å². The zero-order valence-corrected chi connectivity index (χ0v) is 8.43. The zero-order valence-electron chi connectivity index (χ0n) is 8.43. The lowest BCUT2D eigenvalue weighted by Crippen LogP contribution is -2.15. The van der Waals surface area contributed by atoms with Crippen LogP contribution in [0.5, 0.6) is 0 Å². The van der Waals surface area contributed by atoms with Crippen molar-refractivity contribution >= 4 is 12.2 Å². The van der Waals surface area contributed by atoms with Gasteiger partial charge in [0.05, 0.1) is 24.4 Å². The van der Waals surface area contributed by atoms with Gasteiger partial charge in [-0.1, -0.05) is 0 Å². The molecule has 2 aromatic heterocycles. The summed E-state index contributed by atoms with van der Waals surface area (Å²) in [6.07, 6.45) is 4.65. The summed E-state index contributed by atoms with van der Waals surface area (Å²) < 4.78 is 0. The SMILES string of the molecule is Cc1nnc(NN=Cc2cnc[nH]2)[nH]c1=O. The third kappa shape index (κ3) is 2.29. The molecule has 0 atom stereocenters. The lowest BCUT2D eigenvalue weighted by molar-refractivity contribution is 0.897. The molecule has 0 amide bonds. The number of nitrogens with one attached hydrogen (secondary N) is 3. The molecular weight excluding hydrogens is 210 g/mol. The number of hydrazone groups is 1. The van der Waals surface area contributed by atoms with Crippen LogP contribution < -0.4 is 11.0 Å². The Morgan fingerprint density at radius 1 is 1.50 bits per heavy atom. The molecule has 0 aliphatic rings. The van der Waals surface area contributed by atoms with E-state index in [9.17, 15) is 4.79 Å². The first kappa shape index (κ1) is 10.0. The molecule has 0 bridgehead atoms. The number of hydrogen-bond donors (Lipinski definition) is 3. The molecule has 0 fully saturated rings. The van der Waals surface area contributed by atoms with Gasteiger partial charge in [0.1, 0.15) is 5.69 Å². The largest absolute Gasteiger partial charge is 0.344 e. The number of aryl methyl sites for hydroxylation is 1. The molecule has 8 nitrogen and oxygen atoms in total. The summed E-state index contributed by atoms with van der Waals surface area (Å²) in [7, 11) is 0. The molecule has 3 N–H and O–H groups in total. The molecule has 0 aromatic carbocycles. The maximum absolute atomic E-state index is 11.2. The fourth-order valence-corrected chi connectivity index (χ4v) is 0.944. The minimum Gasteiger partial charge on any atom is -0.344 e. The molecule has 0 unspecified atom stereocenters. The number of nitrogens with zero attached hydrogens (tertiary/aromatic N) is 4. The summed E-state index contributed by atoms with van der Waals surface area (Å²) >= 11 is 0. The van der Waals surface area contributed by atoms with Crippen LogP contribution in [-0.2, 0) is 0 Å². The average molecular weight is 219 g/mol. The van der Waals surface area contributed by atoms with E-state index in [1.165, 1.54) is 12.5 Å². The normalized spacial score (nSPS) is 10.8. The second-order valence-electron chi connectivity index (χ2n) is 2.97. The van der Waals surface area contributed by atoms with Crippen molar-refractivity contribution in [2.45, 2.75) is 6.92 Å². The minimum atomic E-state index is -0.297. The molecule has 0 aliphatic heterocycles. The van der Waals surface area contributed by atoms with Crippen LogP contribution in [0.4, 0.5) is 5.95 Å². The molecular formula is C8H9N7O. The van der Waals surface area contributed by atoms with Gasteiger partial charge in [0, 0.05) is 0 Å². The van der Waals surface area contributed by atoms with Gasteiger partial charge in [-0.05, 0) is 6.92 Å². The smallest absolute Gasteiger partial charge is 0.274 e. The van der Waals surface area contributed by atoms with Crippen molar-refractivity contribution in [2.24, 2.45) is 5.10 Å². The zero-order chi connectivity index (χ0) is 11.4. The molecule has 2 rings (SSSR count). The van der Waals surface area contributed by atoms with Gasteiger partial charge >= 0.3 is 0 Å². The first-order valence-electron chi connectivity index (χ1n) is 4.47. The van der Waals surface area contributed by atoms with E-state index >= 15 is 0 Å². The van der Waals surface area contributed by atoms with E-state index < -0.39 is 0 Å². The van der Waals surface area contributed by atoms with Gasteiger partial charge in [0.2, 0.25) is 5.95 Å². The highest BCUT2D eigenvalue weighted by Gasteiger charge is 1.97. The number of aromatic nitrogens is 5. The highest BCUT2D eigenvalue weighted by molar-refractivity contribution is 5.76. The van der Waals surface area contributed by atoms with Gasteiger partial charge in [-0.2, -0.15) is 5.10 Å². The maximum atomic E-state index is 11.2. The molecule has 0 saturated heterocycles. The Bertz CT molecular complexity index is 542. The summed E-state index contributed by atoms with van der Waals surface area (Å²) in [5.41, 5.74) is 3.29. The maximum Gasteiger partial charge on any atom is 0.274 e. The summed E-state index contributed by atoms with van der Waals surface area (Å²) in [5, 5.41) is 11.2. The highest BCUT2D eigenvalue weighted by atomic mass is 16.1. The van der Waals surface area contributed by atoms with Crippen molar-refractivity contribution in [1.29, 1.82) is 0 Å². The van der Waals surface area contributed by atoms with Crippen molar-refractivity contribution in [3.05, 3.63) is 34.3 Å². The summed E-state index contributed by atoms with van der Waals surface area (Å²) in [4.78, 5) is 20.3. The number of anilines is 1. The standard InChI is InChI=1S/C8H9N7O/c1-5-7(16)12-8(15-13-5)14-11-3-6-2-9-4-10-6/h2-4H,1H3,(H,9,10)(H2,12,14,15,16). The lowest BCUT2D eigenvalue weighted by atomic mass is 10.5. The quantitative estimate of drug-likeness (QED) is 0.482. The highest BCUT2D eigenvalue weighted by Crippen LogP contribution is 1.91. The van der Waals surface area contributed by atoms with Crippen LogP contribution >= 0.6 is 0 Å². The van der Waals surface area contributed by atoms with E-state index in [2.05, 4.69) is 35.7 Å². The topological polar surface area (TPSA) is 112 Å². The van der Waals surface area contributed by atoms with Gasteiger partial charge in [-0.25, -0.2) is 10.4 Å². The Morgan fingerprint density at radius 3 is 3.06 bits per heavy atom. The molecule has 0 aliphatic carbocycles. The third-order valence-corrected chi connectivity index (χ3v) is 1.75. The molecule has 16 heavy (non-hydrogen) atoms. The summed E-state index contributed by atoms with van der Waals surface area (Å²) in [6, 6.07) is 0. The fraction of sp³-hybridized carbons (Fsp3) is 0.125. The fourth-order valence-electron chi connectivity index (χ4n) is 0.944. The Balaban J connectivity index is 2.05.